The van der Waals surface area contributed by atoms with Crippen LogP contribution >= 0.6 is 0 Å². The van der Waals surface area contributed by atoms with Crippen LogP contribution < -0.4 is 0 Å². The Hall–Kier alpha value is -1.49. The summed E-state index contributed by atoms with van der Waals surface area (Å²) in [6.45, 7) is 1.36. The van der Waals surface area contributed by atoms with Gasteiger partial charge in [-0.3, -0.25) is 9.78 Å². The Morgan fingerprint density at radius 3 is 3.18 bits per heavy atom. The van der Waals surface area contributed by atoms with Crippen LogP contribution in [0.3, 0.4) is 0 Å². The summed E-state index contributed by atoms with van der Waals surface area (Å²) in [4.78, 5) is 17.3. The van der Waals surface area contributed by atoms with Gasteiger partial charge in [0.25, 0.3) is 5.91 Å². The van der Waals surface area contributed by atoms with Gasteiger partial charge in [0.05, 0.1) is 11.8 Å². The molecule has 17 heavy (non-hydrogen) atoms. The second-order valence-corrected chi connectivity index (χ2v) is 4.27. The molecule has 1 atom stereocenters. The van der Waals surface area contributed by atoms with Crippen molar-refractivity contribution in [3.63, 3.8) is 0 Å². The lowest BCUT2D eigenvalue weighted by molar-refractivity contribution is 0.0780. The lowest BCUT2D eigenvalue weighted by Crippen LogP contribution is -2.29. The summed E-state index contributed by atoms with van der Waals surface area (Å²) in [6, 6.07) is 1.40. The molecular weight excluding hydrogens is 223 g/mol. The van der Waals surface area contributed by atoms with Crippen molar-refractivity contribution in [2.75, 3.05) is 19.7 Å². The second-order valence-electron chi connectivity index (χ2n) is 4.27. The number of likely N-dealkylation sites (tertiary alicyclic amines) is 1. The maximum absolute atomic E-state index is 13.4. The molecule has 4 nitrogen and oxygen atoms in total. The van der Waals surface area contributed by atoms with Gasteiger partial charge in [0.1, 0.15) is 0 Å². The number of carbonyl (C=O) groups is 1. The van der Waals surface area contributed by atoms with E-state index in [-0.39, 0.29) is 18.1 Å². The van der Waals surface area contributed by atoms with Crippen molar-refractivity contribution < 1.29 is 14.3 Å². The molecule has 0 radical (unpaired) electrons. The van der Waals surface area contributed by atoms with E-state index < -0.39 is 5.82 Å². The third kappa shape index (κ3) is 2.61. The van der Waals surface area contributed by atoms with E-state index in [0.29, 0.717) is 25.4 Å². The molecule has 1 aliphatic heterocycles. The molecule has 2 rings (SSSR count). The largest absolute Gasteiger partial charge is 0.396 e. The third-order valence-electron chi connectivity index (χ3n) is 3.11. The Morgan fingerprint density at radius 2 is 2.47 bits per heavy atom. The molecule has 1 fully saturated rings. The Balaban J connectivity index is 2.05. The molecule has 1 saturated heterocycles. The first-order valence-corrected chi connectivity index (χ1v) is 5.72. The molecule has 1 aromatic rings. The van der Waals surface area contributed by atoms with Crippen LogP contribution in [-0.4, -0.2) is 40.6 Å². The maximum Gasteiger partial charge on any atom is 0.256 e. The molecule has 1 aliphatic rings. The normalized spacial score (nSPS) is 19.6. The molecule has 1 N–H and O–H groups in total. The fourth-order valence-corrected chi connectivity index (χ4v) is 2.15. The Bertz CT molecular complexity index is 411. The lowest BCUT2D eigenvalue weighted by Gasteiger charge is -2.16. The summed E-state index contributed by atoms with van der Waals surface area (Å²) in [7, 11) is 0. The molecule has 0 aromatic carbocycles. The lowest BCUT2D eigenvalue weighted by atomic mass is 10.1. The molecule has 0 saturated carbocycles. The van der Waals surface area contributed by atoms with E-state index in [4.69, 9.17) is 5.11 Å². The zero-order valence-electron chi connectivity index (χ0n) is 9.47. The van der Waals surface area contributed by atoms with Crippen molar-refractivity contribution in [3.8, 4) is 0 Å². The van der Waals surface area contributed by atoms with Crippen LogP contribution in [0.4, 0.5) is 4.39 Å². The van der Waals surface area contributed by atoms with E-state index >= 15 is 0 Å². The van der Waals surface area contributed by atoms with E-state index in [0.717, 1.165) is 12.6 Å². The third-order valence-corrected chi connectivity index (χ3v) is 3.11. The van der Waals surface area contributed by atoms with Crippen molar-refractivity contribution in [2.24, 2.45) is 5.92 Å². The first-order chi connectivity index (χ1) is 8.22. The highest BCUT2D eigenvalue weighted by molar-refractivity contribution is 5.94. The van der Waals surface area contributed by atoms with Gasteiger partial charge >= 0.3 is 0 Å². The first kappa shape index (κ1) is 12.0. The van der Waals surface area contributed by atoms with Crippen LogP contribution in [0, 0.1) is 11.7 Å². The summed E-state index contributed by atoms with van der Waals surface area (Å²) >= 11 is 0. The van der Waals surface area contributed by atoms with Crippen molar-refractivity contribution in [1.29, 1.82) is 0 Å². The number of hydrogen-bond donors (Lipinski definition) is 1. The Morgan fingerprint density at radius 1 is 1.65 bits per heavy atom. The average Bonchev–Trinajstić information content (AvgIpc) is 2.78. The fraction of sp³-hybridized carbons (Fsp3) is 0.500. The highest BCUT2D eigenvalue weighted by atomic mass is 19.1. The maximum atomic E-state index is 13.4. The van der Waals surface area contributed by atoms with E-state index in [1.54, 1.807) is 4.90 Å². The summed E-state index contributed by atoms with van der Waals surface area (Å²) in [5.41, 5.74) is 0.0737. The smallest absolute Gasteiger partial charge is 0.256 e. The second kappa shape index (κ2) is 5.23. The van der Waals surface area contributed by atoms with Crippen molar-refractivity contribution in [2.45, 2.75) is 12.8 Å². The zero-order valence-corrected chi connectivity index (χ0v) is 9.47. The molecule has 0 bridgehead atoms. The van der Waals surface area contributed by atoms with E-state index in [9.17, 15) is 9.18 Å². The molecule has 0 spiro atoms. The Labute approximate surface area is 99.1 Å². The monoisotopic (exact) mass is 238 g/mol. The number of hydrogen-bond acceptors (Lipinski definition) is 3. The summed E-state index contributed by atoms with van der Waals surface area (Å²) < 4.78 is 13.4. The minimum atomic E-state index is -0.580. The molecule has 2 heterocycles. The molecular formula is C12H15FN2O2. The number of halogens is 1. The number of pyridine rings is 1. The average molecular weight is 238 g/mol. The van der Waals surface area contributed by atoms with Gasteiger partial charge in [0.15, 0.2) is 5.82 Å². The predicted molar refractivity (Wildman–Crippen MR) is 59.9 cm³/mol. The molecule has 92 valence electrons. The van der Waals surface area contributed by atoms with Gasteiger partial charge in [-0.2, -0.15) is 0 Å². The zero-order chi connectivity index (χ0) is 12.3. The SMILES string of the molecule is O=C(c1ccncc1F)N1CCC(CCO)C1. The number of amides is 1. The van der Waals surface area contributed by atoms with Gasteiger partial charge in [0.2, 0.25) is 0 Å². The fourth-order valence-electron chi connectivity index (χ4n) is 2.15. The molecule has 0 aliphatic carbocycles. The number of rotatable bonds is 3. The quantitative estimate of drug-likeness (QED) is 0.856. The molecule has 1 amide bonds. The standard InChI is InChI=1S/C12H15FN2O2/c13-11-7-14-4-1-10(11)12(17)15-5-2-9(8-15)3-6-16/h1,4,7,9,16H,2-3,5-6,8H2. The van der Waals surface area contributed by atoms with Gasteiger partial charge < -0.3 is 10.0 Å². The van der Waals surface area contributed by atoms with Gasteiger partial charge in [0, 0.05) is 25.9 Å². The molecule has 1 unspecified atom stereocenters. The summed E-state index contributed by atoms with van der Waals surface area (Å²) in [5, 5.41) is 8.84. The van der Waals surface area contributed by atoms with Crippen LogP contribution in [0.25, 0.3) is 0 Å². The summed E-state index contributed by atoms with van der Waals surface area (Å²) in [5.74, 6) is -0.540. The van der Waals surface area contributed by atoms with Crippen LogP contribution in [0.2, 0.25) is 0 Å². The van der Waals surface area contributed by atoms with Gasteiger partial charge in [-0.1, -0.05) is 0 Å². The minimum Gasteiger partial charge on any atom is -0.396 e. The van der Waals surface area contributed by atoms with Crippen LogP contribution in [0.5, 0.6) is 0 Å². The highest BCUT2D eigenvalue weighted by Gasteiger charge is 2.27. The van der Waals surface area contributed by atoms with Gasteiger partial charge in [-0.15, -0.1) is 0 Å². The number of carbonyl (C=O) groups excluding carboxylic acids is 1. The minimum absolute atomic E-state index is 0.0737. The van der Waals surface area contributed by atoms with Gasteiger partial charge in [-0.25, -0.2) is 4.39 Å². The summed E-state index contributed by atoms with van der Waals surface area (Å²) in [6.07, 6.45) is 4.04. The van der Waals surface area contributed by atoms with Crippen LogP contribution in [0.15, 0.2) is 18.5 Å². The van der Waals surface area contributed by atoms with Gasteiger partial charge in [-0.05, 0) is 24.8 Å². The number of nitrogens with zero attached hydrogens (tertiary/aromatic N) is 2. The molecule has 1 aromatic heterocycles. The van der Waals surface area contributed by atoms with Crippen LogP contribution in [-0.2, 0) is 0 Å². The molecule has 5 heteroatoms. The number of aliphatic hydroxyl groups excluding tert-OH is 1. The first-order valence-electron chi connectivity index (χ1n) is 5.72. The van der Waals surface area contributed by atoms with Crippen LogP contribution in [0.1, 0.15) is 23.2 Å². The van der Waals surface area contributed by atoms with E-state index in [1.165, 1.54) is 12.3 Å². The van der Waals surface area contributed by atoms with Crippen molar-refractivity contribution in [3.05, 3.63) is 29.8 Å². The Kier molecular flexibility index (Phi) is 3.68. The van der Waals surface area contributed by atoms with E-state index in [2.05, 4.69) is 4.98 Å². The number of aliphatic hydroxyl groups is 1. The predicted octanol–water partition coefficient (Wildman–Crippen LogP) is 1.07. The van der Waals surface area contributed by atoms with Crippen molar-refractivity contribution in [1.82, 2.24) is 9.88 Å². The number of aromatic nitrogens is 1. The highest BCUT2D eigenvalue weighted by Crippen LogP contribution is 2.21. The van der Waals surface area contributed by atoms with Crippen molar-refractivity contribution >= 4 is 5.91 Å². The van der Waals surface area contributed by atoms with E-state index in [1.807, 2.05) is 0 Å². The topological polar surface area (TPSA) is 53.4 Å².